The molecule has 1 aliphatic rings. The number of halogens is 2. The Bertz CT molecular complexity index is 437. The van der Waals surface area contributed by atoms with Gasteiger partial charge in [-0.3, -0.25) is 9.69 Å². The zero-order valence-corrected chi connectivity index (χ0v) is 11.2. The maximum atomic E-state index is 13.5. The highest BCUT2D eigenvalue weighted by Crippen LogP contribution is 2.27. The van der Waals surface area contributed by atoms with E-state index in [4.69, 9.17) is 0 Å². The molecule has 2 rings (SSSR count). The molecule has 0 spiro atoms. The molecule has 0 heterocycles. The van der Waals surface area contributed by atoms with Gasteiger partial charge in [0.05, 0.1) is 12.1 Å². The van der Waals surface area contributed by atoms with E-state index in [1.807, 2.05) is 11.8 Å². The van der Waals surface area contributed by atoms with Crippen LogP contribution in [0.3, 0.4) is 0 Å². The van der Waals surface area contributed by atoms with E-state index in [0.29, 0.717) is 5.92 Å². The first kappa shape index (κ1) is 14.1. The predicted molar refractivity (Wildman–Crippen MR) is 70.1 cm³/mol. The van der Waals surface area contributed by atoms with Gasteiger partial charge >= 0.3 is 0 Å². The molecule has 0 radical (unpaired) electrons. The number of hydrogen-bond donors (Lipinski definition) is 0. The van der Waals surface area contributed by atoms with Crippen molar-refractivity contribution in [3.05, 3.63) is 35.4 Å². The van der Waals surface area contributed by atoms with Crippen LogP contribution in [0.25, 0.3) is 0 Å². The average Bonchev–Trinajstić information content (AvgIpc) is 2.31. The lowest BCUT2D eigenvalue weighted by Gasteiger charge is -2.31. The van der Waals surface area contributed by atoms with E-state index < -0.39 is 23.0 Å². The Morgan fingerprint density at radius 3 is 2.42 bits per heavy atom. The van der Waals surface area contributed by atoms with Gasteiger partial charge in [-0.05, 0) is 37.4 Å². The van der Waals surface area contributed by atoms with Gasteiger partial charge in [-0.25, -0.2) is 8.78 Å². The van der Waals surface area contributed by atoms with Crippen molar-refractivity contribution in [3.8, 4) is 0 Å². The second-order valence-electron chi connectivity index (χ2n) is 5.14. The number of likely N-dealkylation sites (N-methyl/N-ethyl adjacent to an activating group) is 1. The minimum atomic E-state index is -0.773. The van der Waals surface area contributed by atoms with Crippen molar-refractivity contribution in [1.29, 1.82) is 0 Å². The molecule has 1 saturated carbocycles. The van der Waals surface area contributed by atoms with Crippen molar-refractivity contribution >= 4 is 5.78 Å². The van der Waals surface area contributed by atoms with Crippen LogP contribution in [0.5, 0.6) is 0 Å². The molecule has 0 unspecified atom stereocenters. The Morgan fingerprint density at radius 2 is 1.95 bits per heavy atom. The van der Waals surface area contributed by atoms with Crippen LogP contribution in [0.2, 0.25) is 0 Å². The van der Waals surface area contributed by atoms with Crippen LogP contribution in [-0.2, 0) is 0 Å². The van der Waals surface area contributed by atoms with Gasteiger partial charge in [-0.2, -0.15) is 0 Å². The second-order valence-corrected chi connectivity index (χ2v) is 5.14. The lowest BCUT2D eigenvalue weighted by Crippen LogP contribution is -2.36. The zero-order valence-electron chi connectivity index (χ0n) is 11.2. The summed E-state index contributed by atoms with van der Waals surface area (Å²) in [7, 11) is 0. The van der Waals surface area contributed by atoms with Crippen molar-refractivity contribution in [2.45, 2.75) is 26.2 Å². The standard InChI is InChI=1S/C15H19F2NO/c1-2-18(9-11-5-3-6-11)10-14(19)15-12(16)7-4-8-13(15)17/h4,7-8,11H,2-3,5-6,9-10H2,1H3. The van der Waals surface area contributed by atoms with E-state index in [1.54, 1.807) is 0 Å². The van der Waals surface area contributed by atoms with Crippen molar-refractivity contribution in [3.63, 3.8) is 0 Å². The third-order valence-electron chi connectivity index (χ3n) is 3.80. The van der Waals surface area contributed by atoms with Crippen LogP contribution in [0.4, 0.5) is 8.78 Å². The molecule has 0 aliphatic heterocycles. The third kappa shape index (κ3) is 3.38. The Kier molecular flexibility index (Phi) is 4.64. The molecule has 1 fully saturated rings. The number of nitrogens with zero attached hydrogens (tertiary/aromatic N) is 1. The highest BCUT2D eigenvalue weighted by Gasteiger charge is 2.23. The smallest absolute Gasteiger partial charge is 0.182 e. The van der Waals surface area contributed by atoms with E-state index in [1.165, 1.54) is 25.3 Å². The number of hydrogen-bond acceptors (Lipinski definition) is 2. The maximum absolute atomic E-state index is 13.5. The van der Waals surface area contributed by atoms with Crippen LogP contribution in [0, 0.1) is 17.6 Å². The summed E-state index contributed by atoms with van der Waals surface area (Å²) in [4.78, 5) is 14.0. The van der Waals surface area contributed by atoms with Crippen molar-refractivity contribution < 1.29 is 13.6 Å². The second kappa shape index (κ2) is 6.24. The summed E-state index contributed by atoms with van der Waals surface area (Å²) in [5.74, 6) is -1.38. The number of carbonyl (C=O) groups excluding carboxylic acids is 1. The van der Waals surface area contributed by atoms with Gasteiger partial charge in [-0.1, -0.05) is 19.4 Å². The Morgan fingerprint density at radius 1 is 1.32 bits per heavy atom. The molecule has 0 amide bonds. The largest absolute Gasteiger partial charge is 0.296 e. The van der Waals surface area contributed by atoms with E-state index in [0.717, 1.165) is 25.2 Å². The summed E-state index contributed by atoms with van der Waals surface area (Å²) < 4.78 is 27.0. The molecule has 1 aromatic carbocycles. The monoisotopic (exact) mass is 267 g/mol. The molecule has 2 nitrogen and oxygen atoms in total. The molecule has 4 heteroatoms. The molecule has 0 bridgehead atoms. The van der Waals surface area contributed by atoms with Crippen molar-refractivity contribution in [2.24, 2.45) is 5.92 Å². The fraction of sp³-hybridized carbons (Fsp3) is 0.533. The zero-order chi connectivity index (χ0) is 13.8. The summed E-state index contributed by atoms with van der Waals surface area (Å²) in [5, 5.41) is 0. The Balaban J connectivity index is 2.02. The molecule has 0 atom stereocenters. The van der Waals surface area contributed by atoms with Gasteiger partial charge in [0, 0.05) is 6.54 Å². The van der Waals surface area contributed by atoms with E-state index in [2.05, 4.69) is 0 Å². The minimum Gasteiger partial charge on any atom is -0.296 e. The molecule has 0 aromatic heterocycles. The molecule has 19 heavy (non-hydrogen) atoms. The van der Waals surface area contributed by atoms with Gasteiger partial charge in [0.15, 0.2) is 5.78 Å². The first-order valence-corrected chi connectivity index (χ1v) is 6.81. The van der Waals surface area contributed by atoms with Crippen LogP contribution >= 0.6 is 0 Å². The average molecular weight is 267 g/mol. The highest BCUT2D eigenvalue weighted by molar-refractivity contribution is 5.98. The minimum absolute atomic E-state index is 0.0881. The first-order chi connectivity index (χ1) is 9.11. The lowest BCUT2D eigenvalue weighted by atomic mass is 9.85. The topological polar surface area (TPSA) is 20.3 Å². The van der Waals surface area contributed by atoms with Crippen LogP contribution in [0.15, 0.2) is 18.2 Å². The molecule has 0 N–H and O–H groups in total. The third-order valence-corrected chi connectivity index (χ3v) is 3.80. The first-order valence-electron chi connectivity index (χ1n) is 6.81. The summed E-state index contributed by atoms with van der Waals surface area (Å²) in [6.07, 6.45) is 3.63. The maximum Gasteiger partial charge on any atom is 0.182 e. The van der Waals surface area contributed by atoms with Gasteiger partial charge < -0.3 is 0 Å². The molecule has 1 aliphatic carbocycles. The van der Waals surface area contributed by atoms with Crippen molar-refractivity contribution in [1.82, 2.24) is 4.90 Å². The fourth-order valence-electron chi connectivity index (χ4n) is 2.39. The van der Waals surface area contributed by atoms with E-state index in [-0.39, 0.29) is 6.54 Å². The predicted octanol–water partition coefficient (Wildman–Crippen LogP) is 3.27. The van der Waals surface area contributed by atoms with Crippen molar-refractivity contribution in [2.75, 3.05) is 19.6 Å². The number of ketones is 1. The van der Waals surface area contributed by atoms with Crippen LogP contribution in [0.1, 0.15) is 36.5 Å². The number of Topliss-reactive ketones (excluding diaryl/α,β-unsaturated/α-hetero) is 1. The highest BCUT2D eigenvalue weighted by atomic mass is 19.1. The molecule has 0 saturated heterocycles. The van der Waals surface area contributed by atoms with E-state index >= 15 is 0 Å². The van der Waals surface area contributed by atoms with Gasteiger partial charge in [0.25, 0.3) is 0 Å². The summed E-state index contributed by atoms with van der Waals surface area (Å²) in [5.41, 5.74) is -0.408. The van der Waals surface area contributed by atoms with Crippen LogP contribution in [-0.4, -0.2) is 30.3 Å². The van der Waals surface area contributed by atoms with Gasteiger partial charge in [0.1, 0.15) is 11.6 Å². The molecule has 104 valence electrons. The van der Waals surface area contributed by atoms with Gasteiger partial charge in [0.2, 0.25) is 0 Å². The van der Waals surface area contributed by atoms with Gasteiger partial charge in [-0.15, -0.1) is 0 Å². The molecular formula is C15H19F2NO. The quantitative estimate of drug-likeness (QED) is 0.737. The number of rotatable bonds is 6. The summed E-state index contributed by atoms with van der Waals surface area (Å²) in [6.45, 7) is 3.62. The normalized spacial score (nSPS) is 15.6. The summed E-state index contributed by atoms with van der Waals surface area (Å²) >= 11 is 0. The SMILES string of the molecule is CCN(CC(=O)c1c(F)cccc1F)CC1CCC1. The molecule has 1 aromatic rings. The number of benzene rings is 1. The Hall–Kier alpha value is -1.29. The van der Waals surface area contributed by atoms with Crippen LogP contribution < -0.4 is 0 Å². The number of carbonyl (C=O) groups is 1. The van der Waals surface area contributed by atoms with E-state index in [9.17, 15) is 13.6 Å². The summed E-state index contributed by atoms with van der Waals surface area (Å²) in [6, 6.07) is 3.52. The molecular weight excluding hydrogens is 248 g/mol. The lowest BCUT2D eigenvalue weighted by molar-refractivity contribution is 0.0896. The Labute approximate surface area is 112 Å². The fourth-order valence-corrected chi connectivity index (χ4v) is 2.39.